The van der Waals surface area contributed by atoms with Gasteiger partial charge in [-0.1, -0.05) is 18.2 Å². The summed E-state index contributed by atoms with van der Waals surface area (Å²) < 4.78 is 5.20. The van der Waals surface area contributed by atoms with Crippen LogP contribution in [-0.4, -0.2) is 43.0 Å². The molecule has 1 amide bonds. The van der Waals surface area contributed by atoms with Crippen molar-refractivity contribution < 1.29 is 9.53 Å². The maximum absolute atomic E-state index is 12.9. The number of aromatic nitrogens is 1. The molecule has 1 aliphatic rings. The number of fused-ring (bicyclic) bond motifs is 1. The molecular weight excluding hydrogens is 382 g/mol. The lowest BCUT2D eigenvalue weighted by atomic mass is 10.1. The van der Waals surface area contributed by atoms with E-state index in [0.717, 1.165) is 52.8 Å². The minimum absolute atomic E-state index is 0.136. The molecule has 0 bridgehead atoms. The van der Waals surface area contributed by atoms with Crippen LogP contribution in [0.2, 0.25) is 0 Å². The van der Waals surface area contributed by atoms with Crippen LogP contribution in [0, 0.1) is 6.92 Å². The fourth-order valence-corrected chi connectivity index (χ4v) is 4.35. The van der Waals surface area contributed by atoms with E-state index in [2.05, 4.69) is 33.5 Å². The Kier molecular flexibility index (Phi) is 5.65. The van der Waals surface area contributed by atoms with Crippen LogP contribution < -0.4 is 9.64 Å². The Labute approximate surface area is 175 Å². The first-order valence-corrected chi connectivity index (χ1v) is 10.6. The molecule has 0 saturated heterocycles. The van der Waals surface area contributed by atoms with Crippen LogP contribution in [0.4, 0.5) is 5.69 Å². The maximum Gasteiger partial charge on any atom is 0.241 e. The van der Waals surface area contributed by atoms with Gasteiger partial charge >= 0.3 is 0 Å². The number of methoxy groups -OCH3 is 1. The smallest absolute Gasteiger partial charge is 0.241 e. The zero-order valence-corrected chi connectivity index (χ0v) is 17.8. The van der Waals surface area contributed by atoms with Gasteiger partial charge in [0.2, 0.25) is 5.91 Å². The van der Waals surface area contributed by atoms with E-state index >= 15 is 0 Å². The van der Waals surface area contributed by atoms with E-state index in [4.69, 9.17) is 4.74 Å². The summed E-state index contributed by atoms with van der Waals surface area (Å²) in [4.78, 5) is 21.5. The Balaban J connectivity index is 1.41. The van der Waals surface area contributed by atoms with Crippen molar-refractivity contribution in [2.45, 2.75) is 19.9 Å². The van der Waals surface area contributed by atoms with Crippen molar-refractivity contribution >= 4 is 22.9 Å². The van der Waals surface area contributed by atoms with Gasteiger partial charge in [-0.3, -0.25) is 9.69 Å². The number of hydrogen-bond donors (Lipinski definition) is 0. The second-order valence-corrected chi connectivity index (χ2v) is 8.47. The van der Waals surface area contributed by atoms with Gasteiger partial charge in [0.25, 0.3) is 0 Å². The third-order valence-electron chi connectivity index (χ3n) is 5.21. The highest BCUT2D eigenvalue weighted by molar-refractivity contribution is 7.09. The van der Waals surface area contributed by atoms with E-state index in [9.17, 15) is 4.79 Å². The largest absolute Gasteiger partial charge is 0.497 e. The molecule has 6 heteroatoms. The summed E-state index contributed by atoms with van der Waals surface area (Å²) in [6, 6.07) is 14.3. The predicted molar refractivity (Wildman–Crippen MR) is 118 cm³/mol. The number of amides is 1. The van der Waals surface area contributed by atoms with Crippen LogP contribution >= 0.6 is 11.3 Å². The average molecular weight is 408 g/mol. The summed E-state index contributed by atoms with van der Waals surface area (Å²) in [5.74, 6) is 0.977. The SMILES string of the molecule is COc1ccc(CN(C)CC(=O)N2CCc3cc(-c4csc(C)n4)ccc32)cc1. The Morgan fingerprint density at radius 1 is 1.24 bits per heavy atom. The number of aryl methyl sites for hydroxylation is 1. The summed E-state index contributed by atoms with van der Waals surface area (Å²) in [6.45, 7) is 3.87. The van der Waals surface area contributed by atoms with Gasteiger partial charge in [0.1, 0.15) is 5.75 Å². The van der Waals surface area contributed by atoms with Crippen molar-refractivity contribution in [1.82, 2.24) is 9.88 Å². The third kappa shape index (κ3) is 4.33. The van der Waals surface area contributed by atoms with E-state index in [1.54, 1.807) is 18.4 Å². The van der Waals surface area contributed by atoms with Crippen LogP contribution in [0.3, 0.4) is 0 Å². The molecule has 5 nitrogen and oxygen atoms in total. The molecule has 29 heavy (non-hydrogen) atoms. The second kappa shape index (κ2) is 8.35. The van der Waals surface area contributed by atoms with Crippen LogP contribution in [0.15, 0.2) is 47.8 Å². The number of carbonyl (C=O) groups excluding carboxylic acids is 1. The molecule has 0 N–H and O–H groups in total. The highest BCUT2D eigenvalue weighted by Crippen LogP contribution is 2.32. The third-order valence-corrected chi connectivity index (χ3v) is 5.98. The number of hydrogen-bond acceptors (Lipinski definition) is 5. The Morgan fingerprint density at radius 2 is 2.03 bits per heavy atom. The van der Waals surface area contributed by atoms with Gasteiger partial charge in [-0.25, -0.2) is 4.98 Å². The first-order valence-electron chi connectivity index (χ1n) is 9.71. The normalized spacial score (nSPS) is 13.0. The highest BCUT2D eigenvalue weighted by Gasteiger charge is 2.25. The van der Waals surface area contributed by atoms with Crippen molar-refractivity contribution in [1.29, 1.82) is 0 Å². The fourth-order valence-electron chi connectivity index (χ4n) is 3.73. The van der Waals surface area contributed by atoms with Gasteiger partial charge in [-0.2, -0.15) is 0 Å². The van der Waals surface area contributed by atoms with Crippen molar-refractivity contribution in [2.24, 2.45) is 0 Å². The number of likely N-dealkylation sites (N-methyl/N-ethyl adjacent to an activating group) is 1. The van der Waals surface area contributed by atoms with Gasteiger partial charge in [-0.15, -0.1) is 11.3 Å². The number of carbonyl (C=O) groups is 1. The molecular formula is C23H25N3O2S. The molecule has 4 rings (SSSR count). The highest BCUT2D eigenvalue weighted by atomic mass is 32.1. The quantitative estimate of drug-likeness (QED) is 0.616. The topological polar surface area (TPSA) is 45.7 Å². The predicted octanol–water partition coefficient (Wildman–Crippen LogP) is 4.15. The molecule has 0 saturated carbocycles. The van der Waals surface area contributed by atoms with Gasteiger partial charge in [0.05, 0.1) is 24.4 Å². The second-order valence-electron chi connectivity index (χ2n) is 7.41. The number of thiazole rings is 1. The van der Waals surface area contributed by atoms with Crippen LogP contribution in [0.25, 0.3) is 11.3 Å². The number of nitrogens with zero attached hydrogens (tertiary/aromatic N) is 3. The minimum Gasteiger partial charge on any atom is -0.497 e. The first-order chi connectivity index (χ1) is 14.0. The number of ether oxygens (including phenoxy) is 1. The molecule has 0 radical (unpaired) electrons. The molecule has 3 aromatic rings. The average Bonchev–Trinajstić information content (AvgIpc) is 3.34. The standard InChI is InChI=1S/C23H25N3O2S/c1-16-24-21(15-29-16)18-6-9-22-19(12-18)10-11-26(22)23(27)14-25(2)13-17-4-7-20(28-3)8-5-17/h4-9,12,15H,10-11,13-14H2,1-3H3. The molecule has 0 atom stereocenters. The van der Waals surface area contributed by atoms with Crippen LogP contribution in [0.5, 0.6) is 5.75 Å². The van der Waals surface area contributed by atoms with E-state index in [1.165, 1.54) is 5.56 Å². The van der Waals surface area contributed by atoms with Crippen molar-refractivity contribution in [3.63, 3.8) is 0 Å². The van der Waals surface area contributed by atoms with E-state index < -0.39 is 0 Å². The summed E-state index contributed by atoms with van der Waals surface area (Å²) in [5.41, 5.74) is 5.55. The zero-order valence-electron chi connectivity index (χ0n) is 17.0. The fraction of sp³-hybridized carbons (Fsp3) is 0.304. The summed E-state index contributed by atoms with van der Waals surface area (Å²) in [6.07, 6.45) is 0.889. The Hall–Kier alpha value is -2.70. The molecule has 0 spiro atoms. The van der Waals surface area contributed by atoms with Gasteiger partial charge in [-0.05, 0) is 55.8 Å². The van der Waals surface area contributed by atoms with E-state index in [-0.39, 0.29) is 5.91 Å². The lowest BCUT2D eigenvalue weighted by Crippen LogP contribution is -2.37. The molecule has 1 aromatic heterocycles. The summed E-state index contributed by atoms with van der Waals surface area (Å²) in [5, 5.41) is 3.15. The lowest BCUT2D eigenvalue weighted by molar-refractivity contribution is -0.119. The van der Waals surface area contributed by atoms with Crippen molar-refractivity contribution in [3.8, 4) is 17.0 Å². The van der Waals surface area contributed by atoms with Crippen LogP contribution in [0.1, 0.15) is 16.1 Å². The van der Waals surface area contributed by atoms with Crippen LogP contribution in [-0.2, 0) is 17.8 Å². The minimum atomic E-state index is 0.136. The number of anilines is 1. The molecule has 1 aliphatic heterocycles. The number of benzene rings is 2. The summed E-state index contributed by atoms with van der Waals surface area (Å²) >= 11 is 1.66. The molecule has 150 valence electrons. The number of rotatable bonds is 6. The Morgan fingerprint density at radius 3 is 2.72 bits per heavy atom. The molecule has 0 fully saturated rings. The monoisotopic (exact) mass is 407 g/mol. The molecule has 2 aromatic carbocycles. The van der Waals surface area contributed by atoms with Gasteiger partial charge in [0.15, 0.2) is 0 Å². The molecule has 0 aliphatic carbocycles. The lowest BCUT2D eigenvalue weighted by Gasteiger charge is -2.22. The van der Waals surface area contributed by atoms with E-state index in [0.29, 0.717) is 6.54 Å². The molecule has 2 heterocycles. The molecule has 0 unspecified atom stereocenters. The van der Waals surface area contributed by atoms with Gasteiger partial charge < -0.3 is 9.64 Å². The Bertz CT molecular complexity index is 1010. The van der Waals surface area contributed by atoms with E-state index in [1.807, 2.05) is 43.1 Å². The van der Waals surface area contributed by atoms with Crippen molar-refractivity contribution in [2.75, 3.05) is 32.1 Å². The van der Waals surface area contributed by atoms with Crippen molar-refractivity contribution in [3.05, 3.63) is 64.0 Å². The summed E-state index contributed by atoms with van der Waals surface area (Å²) in [7, 11) is 3.64. The zero-order chi connectivity index (χ0) is 20.4. The first kappa shape index (κ1) is 19.6. The maximum atomic E-state index is 12.9. The van der Waals surface area contributed by atoms with Gasteiger partial charge in [0, 0.05) is 29.7 Å².